The number of aromatic nitrogens is 3. The monoisotopic (exact) mass is 1150 g/mol. The lowest BCUT2D eigenvalue weighted by molar-refractivity contribution is -0.139. The molecule has 3 atom stereocenters. The first-order valence-electron chi connectivity index (χ1n) is 28.2. The molecule has 0 saturated carbocycles. The fourth-order valence-electron chi connectivity index (χ4n) is 8.63. The van der Waals surface area contributed by atoms with Gasteiger partial charge in [-0.15, -0.1) is 0 Å². The molecule has 81 heavy (non-hydrogen) atoms. The summed E-state index contributed by atoms with van der Waals surface area (Å²) in [6.45, 7) is 39.8. The third-order valence-electron chi connectivity index (χ3n) is 11.3. The number of ether oxygens (including phenoxy) is 6. The largest absolute Gasteiger partial charge is 0.460 e. The quantitative estimate of drug-likeness (QED) is 0.0350. The maximum Gasteiger partial charge on any atom is 0.407 e. The molecule has 1 aromatic rings. The van der Waals surface area contributed by atoms with Gasteiger partial charge >= 0.3 is 53.3 Å². The SMILES string of the molecule is C=C(C)C(=O)OCCNC(=O)OC(CN(CC(C)C)CC(C)C)Cn1c(=O)n(CC(CN(CC(C)C)CC(C)C)OC(=O)NCCOC(=O)C(=C)C)c(=O)n(CC(CN(CC(C)C)CC(C)C)OC(=O)NCCOC(=O)C(=C)C)c1=O. The van der Waals surface area contributed by atoms with E-state index in [1.807, 2.05) is 97.8 Å². The van der Waals surface area contributed by atoms with Crippen LogP contribution in [0.5, 0.6) is 0 Å². The molecule has 0 saturated heterocycles. The van der Waals surface area contributed by atoms with Crippen molar-refractivity contribution < 1.29 is 57.2 Å². The van der Waals surface area contributed by atoms with Crippen LogP contribution >= 0.6 is 0 Å². The van der Waals surface area contributed by atoms with Crippen LogP contribution in [0.25, 0.3) is 0 Å². The van der Waals surface area contributed by atoms with Gasteiger partial charge in [-0.25, -0.2) is 56.9 Å². The van der Waals surface area contributed by atoms with Gasteiger partial charge in [-0.1, -0.05) is 103 Å². The molecule has 3 unspecified atom stereocenters. The van der Waals surface area contributed by atoms with Crippen molar-refractivity contribution in [2.45, 2.75) is 142 Å². The summed E-state index contributed by atoms with van der Waals surface area (Å²) in [5, 5.41) is 7.67. The lowest BCUT2D eigenvalue weighted by atomic mass is 10.1. The first-order valence-corrected chi connectivity index (χ1v) is 28.2. The summed E-state index contributed by atoms with van der Waals surface area (Å²) in [7, 11) is 0. The van der Waals surface area contributed by atoms with E-state index >= 15 is 14.4 Å². The zero-order chi connectivity index (χ0) is 61.7. The molecule has 0 fully saturated rings. The Hall–Kier alpha value is -6.27. The van der Waals surface area contributed by atoms with Crippen LogP contribution < -0.4 is 33.0 Å². The van der Waals surface area contributed by atoms with E-state index in [2.05, 4.69) is 35.7 Å². The summed E-state index contributed by atoms with van der Waals surface area (Å²) < 4.78 is 35.8. The minimum Gasteiger partial charge on any atom is -0.460 e. The number of alkyl carbamates (subject to hydrolysis) is 3. The molecule has 1 heterocycles. The number of nitrogens with one attached hydrogen (secondary N) is 3. The summed E-state index contributed by atoms with van der Waals surface area (Å²) in [5.41, 5.74) is -2.84. The van der Waals surface area contributed by atoms with E-state index in [1.54, 1.807) is 0 Å². The molecular formula is C57H99N9O15. The van der Waals surface area contributed by atoms with Crippen LogP contribution in [0.4, 0.5) is 14.4 Å². The standard InChI is InChI=1S/C57H99N9O15/c1-37(2)25-61(26-38(3)4)31-46(79-52(70)58-19-22-76-49(67)43(13)14)34-64-55(73)65(35-47(32-62(27-39(5)6)28-40(7)8)80-53(71)59-20-23-77-50(68)44(15)16)57(75)66(56(64)74)36-48(33-63(29-41(9)10)30-42(11)12)81-54(72)60-21-24-78-51(69)45(17)18/h37-42,46-48H,13,15,17,19-36H2,1-12,14,16,18H3,(H,58,70)(H,59,71)(H,60,72). The first-order chi connectivity index (χ1) is 37.8. The topological polar surface area (TPSA) is 270 Å². The van der Waals surface area contributed by atoms with Gasteiger partial charge in [-0.3, -0.25) is 14.7 Å². The normalized spacial score (nSPS) is 12.7. The summed E-state index contributed by atoms with van der Waals surface area (Å²) in [4.78, 5) is 129. The van der Waals surface area contributed by atoms with Crippen LogP contribution in [-0.2, 0) is 62.4 Å². The predicted molar refractivity (Wildman–Crippen MR) is 310 cm³/mol. The molecule has 0 aliphatic rings. The number of amides is 3. The maximum atomic E-state index is 15.2. The number of carbonyl (C=O) groups is 6. The van der Waals surface area contributed by atoms with Crippen molar-refractivity contribution in [3.8, 4) is 0 Å². The van der Waals surface area contributed by atoms with E-state index in [1.165, 1.54) is 20.8 Å². The predicted octanol–water partition coefficient (Wildman–Crippen LogP) is 4.66. The second-order valence-electron chi connectivity index (χ2n) is 23.3. The Morgan fingerprint density at radius 2 is 0.580 bits per heavy atom. The van der Waals surface area contributed by atoms with Gasteiger partial charge in [-0.05, 0) is 56.3 Å². The maximum absolute atomic E-state index is 15.2. The molecule has 0 bridgehead atoms. The Morgan fingerprint density at radius 1 is 0.383 bits per heavy atom. The van der Waals surface area contributed by atoms with Crippen LogP contribution in [0.2, 0.25) is 0 Å². The summed E-state index contributed by atoms with van der Waals surface area (Å²) in [6.07, 6.45) is -6.51. The van der Waals surface area contributed by atoms with Crippen LogP contribution in [0.15, 0.2) is 50.8 Å². The fraction of sp³-hybridized carbons (Fsp3) is 0.737. The fourth-order valence-corrected chi connectivity index (χ4v) is 8.63. The molecule has 1 aromatic heterocycles. The Balaban J connectivity index is 4.37. The van der Waals surface area contributed by atoms with E-state index in [4.69, 9.17) is 28.4 Å². The van der Waals surface area contributed by atoms with Gasteiger partial charge in [0, 0.05) is 75.6 Å². The number of carbonyl (C=O) groups excluding carboxylic acids is 6. The van der Waals surface area contributed by atoms with Gasteiger partial charge in [-0.2, -0.15) is 0 Å². The molecule has 3 N–H and O–H groups in total. The second-order valence-corrected chi connectivity index (χ2v) is 23.3. The number of nitrogens with zero attached hydrogens (tertiary/aromatic N) is 6. The van der Waals surface area contributed by atoms with E-state index in [9.17, 15) is 28.8 Å². The minimum atomic E-state index is -1.22. The van der Waals surface area contributed by atoms with Crippen molar-refractivity contribution in [3.05, 3.63) is 67.9 Å². The zero-order valence-electron chi connectivity index (χ0n) is 51.4. The molecule has 1 rings (SSSR count). The molecule has 0 aliphatic heterocycles. The summed E-state index contributed by atoms with van der Waals surface area (Å²) >= 11 is 0. The van der Waals surface area contributed by atoms with Gasteiger partial charge < -0.3 is 44.4 Å². The van der Waals surface area contributed by atoms with Crippen LogP contribution in [0.1, 0.15) is 104 Å². The summed E-state index contributed by atoms with van der Waals surface area (Å²) in [5.74, 6) is -1.13. The van der Waals surface area contributed by atoms with Crippen molar-refractivity contribution in [2.24, 2.45) is 35.5 Å². The highest BCUT2D eigenvalue weighted by Crippen LogP contribution is 2.12. The molecule has 462 valence electrons. The highest BCUT2D eigenvalue weighted by molar-refractivity contribution is 5.87. The number of hydrogen-bond acceptors (Lipinski definition) is 18. The highest BCUT2D eigenvalue weighted by atomic mass is 16.6. The lowest BCUT2D eigenvalue weighted by Crippen LogP contribution is -2.59. The van der Waals surface area contributed by atoms with Crippen molar-refractivity contribution in [1.29, 1.82) is 0 Å². The highest BCUT2D eigenvalue weighted by Gasteiger charge is 2.30. The van der Waals surface area contributed by atoms with Gasteiger partial charge in [0.25, 0.3) is 0 Å². The van der Waals surface area contributed by atoms with Crippen molar-refractivity contribution in [2.75, 3.05) is 98.4 Å². The zero-order valence-corrected chi connectivity index (χ0v) is 51.4. The van der Waals surface area contributed by atoms with Crippen LogP contribution in [0.3, 0.4) is 0 Å². The minimum absolute atomic E-state index is 0.0271. The Morgan fingerprint density at radius 3 is 0.753 bits per heavy atom. The molecule has 24 nitrogen and oxygen atoms in total. The Labute approximate surface area is 479 Å². The number of hydrogen-bond donors (Lipinski definition) is 3. The van der Waals surface area contributed by atoms with Gasteiger partial charge in [0.15, 0.2) is 0 Å². The lowest BCUT2D eigenvalue weighted by Gasteiger charge is -2.31. The third-order valence-corrected chi connectivity index (χ3v) is 11.3. The second kappa shape index (κ2) is 37.7. The van der Waals surface area contributed by atoms with Gasteiger partial charge in [0.1, 0.15) is 38.1 Å². The molecule has 0 radical (unpaired) electrons. The number of esters is 3. The van der Waals surface area contributed by atoms with E-state index in [-0.39, 0.29) is 111 Å². The van der Waals surface area contributed by atoms with Crippen molar-refractivity contribution in [3.63, 3.8) is 0 Å². The Kier molecular flexibility index (Phi) is 33.8. The van der Waals surface area contributed by atoms with Crippen LogP contribution in [-0.4, -0.2) is 181 Å². The van der Waals surface area contributed by atoms with E-state index in [0.29, 0.717) is 39.3 Å². The molecule has 0 aromatic carbocycles. The molecule has 3 amide bonds. The van der Waals surface area contributed by atoms with Gasteiger partial charge in [0.2, 0.25) is 0 Å². The molecule has 24 heteroatoms. The average molecular weight is 1150 g/mol. The molecule has 0 aliphatic carbocycles. The molecule has 0 spiro atoms. The van der Waals surface area contributed by atoms with Crippen molar-refractivity contribution in [1.82, 2.24) is 44.4 Å². The Bertz CT molecular complexity index is 2070. The van der Waals surface area contributed by atoms with E-state index in [0.717, 1.165) is 13.7 Å². The molecular weight excluding hydrogens is 1050 g/mol. The van der Waals surface area contributed by atoms with Crippen molar-refractivity contribution >= 4 is 36.2 Å². The van der Waals surface area contributed by atoms with E-state index < -0.39 is 91.2 Å². The smallest absolute Gasteiger partial charge is 0.407 e. The van der Waals surface area contributed by atoms with Gasteiger partial charge in [0.05, 0.1) is 39.3 Å². The van der Waals surface area contributed by atoms with Crippen LogP contribution in [0, 0.1) is 35.5 Å². The summed E-state index contributed by atoms with van der Waals surface area (Å²) in [6, 6.07) is 0. The average Bonchev–Trinajstić information content (AvgIpc) is 3.36. The first kappa shape index (κ1) is 72.7. The third kappa shape index (κ3) is 30.9. The number of rotatable bonds is 39.